The monoisotopic (exact) mass is 713 g/mol. The van der Waals surface area contributed by atoms with Crippen molar-refractivity contribution >= 4 is 50.7 Å². The zero-order valence-corrected chi connectivity index (χ0v) is 28.4. The minimum atomic E-state index is -4.46. The van der Waals surface area contributed by atoms with Crippen LogP contribution in [0.3, 0.4) is 0 Å². The SMILES string of the molecule is CCCNC(=O)C(Cc1ccccc1)N(Cc1c(Cl)cccc1Cl)C(=O)CN(c1ccc(F)cc1)S(=O)(=O)c1ccc2c(c1)OCCO2. The molecule has 0 fully saturated rings. The molecule has 252 valence electrons. The van der Waals surface area contributed by atoms with Crippen LogP contribution in [0, 0.1) is 5.82 Å². The third-order valence-electron chi connectivity index (χ3n) is 7.71. The first-order chi connectivity index (χ1) is 23.1. The normalized spacial score (nSPS) is 13.0. The van der Waals surface area contributed by atoms with E-state index in [0.717, 1.165) is 22.0 Å². The first-order valence-electron chi connectivity index (χ1n) is 15.3. The maximum atomic E-state index is 14.6. The van der Waals surface area contributed by atoms with Crippen molar-refractivity contribution in [1.29, 1.82) is 0 Å². The quantitative estimate of drug-likeness (QED) is 0.175. The molecular formula is C35H34Cl2FN3O6S. The van der Waals surface area contributed by atoms with Gasteiger partial charge >= 0.3 is 0 Å². The van der Waals surface area contributed by atoms with Crippen molar-refractivity contribution in [2.45, 2.75) is 37.2 Å². The predicted molar refractivity (Wildman–Crippen MR) is 183 cm³/mol. The Bertz CT molecular complexity index is 1840. The molecule has 1 atom stereocenters. The van der Waals surface area contributed by atoms with Crippen molar-refractivity contribution in [1.82, 2.24) is 10.2 Å². The van der Waals surface area contributed by atoms with Gasteiger partial charge in [-0.25, -0.2) is 12.8 Å². The van der Waals surface area contributed by atoms with E-state index in [9.17, 15) is 22.4 Å². The van der Waals surface area contributed by atoms with Gasteiger partial charge in [-0.2, -0.15) is 0 Å². The Morgan fingerprint density at radius 2 is 1.56 bits per heavy atom. The largest absolute Gasteiger partial charge is 0.486 e. The van der Waals surface area contributed by atoms with E-state index in [1.165, 1.54) is 35.2 Å². The highest BCUT2D eigenvalue weighted by molar-refractivity contribution is 7.92. The summed E-state index contributed by atoms with van der Waals surface area (Å²) < 4.78 is 54.7. The average molecular weight is 715 g/mol. The van der Waals surface area contributed by atoms with E-state index < -0.39 is 40.2 Å². The second-order valence-electron chi connectivity index (χ2n) is 11.0. The van der Waals surface area contributed by atoms with Crippen LogP contribution < -0.4 is 19.1 Å². The van der Waals surface area contributed by atoms with Gasteiger partial charge in [-0.15, -0.1) is 0 Å². The maximum Gasteiger partial charge on any atom is 0.264 e. The van der Waals surface area contributed by atoms with E-state index in [-0.39, 0.29) is 46.0 Å². The van der Waals surface area contributed by atoms with Crippen LogP contribution in [0.5, 0.6) is 11.5 Å². The summed E-state index contributed by atoms with van der Waals surface area (Å²) in [5, 5.41) is 3.42. The first kappa shape index (κ1) is 35.0. The number of carbonyl (C=O) groups excluding carboxylic acids is 2. The number of nitrogens with zero attached hydrogens (tertiary/aromatic N) is 2. The van der Waals surface area contributed by atoms with Crippen LogP contribution in [0.2, 0.25) is 10.0 Å². The van der Waals surface area contributed by atoms with Crippen molar-refractivity contribution in [2.24, 2.45) is 0 Å². The van der Waals surface area contributed by atoms with Crippen LogP contribution in [0.4, 0.5) is 10.1 Å². The standard InChI is InChI=1S/C35H34Cl2FN3O6S/c1-2-17-39-35(43)31(20-24-7-4-3-5-8-24)40(22-28-29(36)9-6-10-30(28)37)34(42)23-41(26-13-11-25(38)12-14-26)48(44,45)27-15-16-32-33(21-27)47-19-18-46-32/h3-16,21,31H,2,17-20,22-23H2,1H3,(H,39,43). The second-order valence-corrected chi connectivity index (χ2v) is 13.7. The zero-order chi connectivity index (χ0) is 34.3. The van der Waals surface area contributed by atoms with Gasteiger partial charge in [0.05, 0.1) is 10.6 Å². The molecule has 4 aromatic rings. The topological polar surface area (TPSA) is 105 Å². The summed E-state index contributed by atoms with van der Waals surface area (Å²) in [6.07, 6.45) is 0.774. The molecular weight excluding hydrogens is 680 g/mol. The number of anilines is 1. The minimum absolute atomic E-state index is 0.0328. The van der Waals surface area contributed by atoms with Crippen LogP contribution in [0.1, 0.15) is 24.5 Å². The molecule has 0 aromatic heterocycles. The lowest BCUT2D eigenvalue weighted by molar-refractivity contribution is -0.140. The average Bonchev–Trinajstić information content (AvgIpc) is 3.09. The number of hydrogen-bond acceptors (Lipinski definition) is 6. The summed E-state index contributed by atoms with van der Waals surface area (Å²) in [4.78, 5) is 29.5. The van der Waals surface area contributed by atoms with Crippen LogP contribution in [0.25, 0.3) is 0 Å². The van der Waals surface area contributed by atoms with Crippen molar-refractivity contribution in [3.8, 4) is 11.5 Å². The highest BCUT2D eigenvalue weighted by atomic mass is 35.5. The molecule has 4 aromatic carbocycles. The van der Waals surface area contributed by atoms with Gasteiger partial charge in [0.15, 0.2) is 11.5 Å². The van der Waals surface area contributed by atoms with Gasteiger partial charge in [-0.3, -0.25) is 13.9 Å². The molecule has 1 unspecified atom stereocenters. The Morgan fingerprint density at radius 3 is 2.23 bits per heavy atom. The number of fused-ring (bicyclic) bond motifs is 1. The molecule has 0 saturated heterocycles. The summed E-state index contributed by atoms with van der Waals surface area (Å²) in [7, 11) is -4.46. The third kappa shape index (κ3) is 8.21. The second kappa shape index (κ2) is 15.7. The van der Waals surface area contributed by atoms with Crippen LogP contribution >= 0.6 is 23.2 Å². The smallest absolute Gasteiger partial charge is 0.264 e. The Balaban J connectivity index is 1.59. The molecule has 5 rings (SSSR count). The molecule has 0 bridgehead atoms. The highest BCUT2D eigenvalue weighted by Crippen LogP contribution is 2.35. The minimum Gasteiger partial charge on any atom is -0.486 e. The molecule has 48 heavy (non-hydrogen) atoms. The summed E-state index contributed by atoms with van der Waals surface area (Å²) in [5.74, 6) is -1.12. The van der Waals surface area contributed by atoms with Crippen LogP contribution in [0.15, 0.2) is 95.9 Å². The summed E-state index contributed by atoms with van der Waals surface area (Å²) in [6, 6.07) is 21.9. The third-order valence-corrected chi connectivity index (χ3v) is 10.2. The van der Waals surface area contributed by atoms with E-state index in [4.69, 9.17) is 32.7 Å². The molecule has 9 nitrogen and oxygen atoms in total. The fourth-order valence-corrected chi connectivity index (χ4v) is 7.17. The number of carbonyl (C=O) groups is 2. The van der Waals surface area contributed by atoms with Crippen molar-refractivity contribution in [2.75, 3.05) is 30.6 Å². The predicted octanol–water partition coefficient (Wildman–Crippen LogP) is 6.27. The lowest BCUT2D eigenvalue weighted by Crippen LogP contribution is -2.53. The Labute approximate surface area is 289 Å². The van der Waals surface area contributed by atoms with E-state index >= 15 is 0 Å². The maximum absolute atomic E-state index is 14.6. The van der Waals surface area contributed by atoms with Crippen molar-refractivity contribution < 1.29 is 31.9 Å². The number of sulfonamides is 1. The Hall–Kier alpha value is -4.32. The molecule has 0 aliphatic carbocycles. The van der Waals surface area contributed by atoms with Crippen LogP contribution in [-0.4, -0.2) is 57.5 Å². The van der Waals surface area contributed by atoms with Gasteiger partial charge < -0.3 is 19.7 Å². The molecule has 0 radical (unpaired) electrons. The Kier molecular flexibility index (Phi) is 11.5. The van der Waals surface area contributed by atoms with Crippen molar-refractivity contribution in [3.63, 3.8) is 0 Å². The number of rotatable bonds is 13. The van der Waals surface area contributed by atoms with Gasteiger partial charge in [0.1, 0.15) is 31.6 Å². The van der Waals surface area contributed by atoms with Gasteiger partial charge in [0, 0.05) is 41.2 Å². The lowest BCUT2D eigenvalue weighted by Gasteiger charge is -2.34. The number of nitrogens with one attached hydrogen (secondary N) is 1. The summed E-state index contributed by atoms with van der Waals surface area (Å²) in [5.41, 5.74) is 1.19. The van der Waals surface area contributed by atoms with E-state index in [1.54, 1.807) is 18.2 Å². The summed E-state index contributed by atoms with van der Waals surface area (Å²) in [6.45, 7) is 1.88. The van der Waals surface area contributed by atoms with E-state index in [1.807, 2.05) is 37.3 Å². The molecule has 1 N–H and O–H groups in total. The first-order valence-corrected chi connectivity index (χ1v) is 17.5. The lowest BCUT2D eigenvalue weighted by atomic mass is 10.0. The zero-order valence-electron chi connectivity index (χ0n) is 26.1. The molecule has 13 heteroatoms. The molecule has 0 spiro atoms. The van der Waals surface area contributed by atoms with Gasteiger partial charge in [-0.1, -0.05) is 66.5 Å². The number of amides is 2. The van der Waals surface area contributed by atoms with E-state index in [0.29, 0.717) is 30.9 Å². The molecule has 1 aliphatic rings. The van der Waals surface area contributed by atoms with Crippen LogP contribution in [-0.2, 0) is 32.6 Å². The fourth-order valence-electron chi connectivity index (χ4n) is 5.22. The molecule has 0 saturated carbocycles. The summed E-state index contributed by atoms with van der Waals surface area (Å²) >= 11 is 13.1. The molecule has 1 heterocycles. The van der Waals surface area contributed by atoms with Crippen molar-refractivity contribution in [3.05, 3.63) is 118 Å². The Morgan fingerprint density at radius 1 is 0.896 bits per heavy atom. The number of benzene rings is 4. The number of halogens is 3. The van der Waals surface area contributed by atoms with Gasteiger partial charge in [0.25, 0.3) is 10.0 Å². The fraction of sp³-hybridized carbons (Fsp3) is 0.257. The number of ether oxygens (including phenoxy) is 2. The van der Waals surface area contributed by atoms with Gasteiger partial charge in [0.2, 0.25) is 11.8 Å². The molecule has 1 aliphatic heterocycles. The van der Waals surface area contributed by atoms with Gasteiger partial charge in [-0.05, 0) is 60.5 Å². The number of hydrogen-bond donors (Lipinski definition) is 1. The van der Waals surface area contributed by atoms with E-state index in [2.05, 4.69) is 5.32 Å². The highest BCUT2D eigenvalue weighted by Gasteiger charge is 2.35. The molecule has 2 amide bonds.